The fourth-order valence-electron chi connectivity index (χ4n) is 2.42. The number of carbonyl (C=O) groups is 2. The highest BCUT2D eigenvalue weighted by Crippen LogP contribution is 2.35. The molecular formula is C16H20N2O5. The monoisotopic (exact) mass is 320 g/mol. The molecule has 0 saturated heterocycles. The van der Waals surface area contributed by atoms with Crippen LogP contribution in [0.5, 0.6) is 11.5 Å². The number of ether oxygens (including phenoxy) is 3. The summed E-state index contributed by atoms with van der Waals surface area (Å²) in [6.07, 6.45) is 0. The van der Waals surface area contributed by atoms with E-state index in [1.165, 1.54) is 0 Å². The summed E-state index contributed by atoms with van der Waals surface area (Å²) in [6.45, 7) is 3.69. The number of benzene rings is 1. The molecule has 1 aliphatic rings. The zero-order valence-electron chi connectivity index (χ0n) is 13.6. The molecule has 7 heteroatoms. The van der Waals surface area contributed by atoms with Gasteiger partial charge in [-0.05, 0) is 37.6 Å². The van der Waals surface area contributed by atoms with Gasteiger partial charge in [-0.3, -0.25) is 0 Å². The molecule has 124 valence electrons. The minimum Gasteiger partial charge on any atom is -0.497 e. The van der Waals surface area contributed by atoms with E-state index in [0.717, 1.165) is 0 Å². The van der Waals surface area contributed by atoms with Gasteiger partial charge in [0.05, 0.1) is 26.9 Å². The molecular weight excluding hydrogens is 300 g/mol. The third-order valence-corrected chi connectivity index (χ3v) is 3.57. The lowest BCUT2D eigenvalue weighted by atomic mass is 9.95. The molecule has 1 atom stereocenters. The first-order valence-corrected chi connectivity index (χ1v) is 7.19. The number of nitrogens with one attached hydrogen (secondary N) is 2. The van der Waals surface area contributed by atoms with Crippen molar-refractivity contribution >= 4 is 12.0 Å². The van der Waals surface area contributed by atoms with Gasteiger partial charge in [0.2, 0.25) is 0 Å². The van der Waals surface area contributed by atoms with Gasteiger partial charge in [-0.25, -0.2) is 9.59 Å². The Balaban J connectivity index is 2.50. The van der Waals surface area contributed by atoms with Crippen molar-refractivity contribution in [1.82, 2.24) is 10.6 Å². The van der Waals surface area contributed by atoms with Crippen LogP contribution in [-0.4, -0.2) is 32.8 Å². The van der Waals surface area contributed by atoms with E-state index in [-0.39, 0.29) is 12.3 Å². The summed E-state index contributed by atoms with van der Waals surface area (Å²) in [5.41, 5.74) is 1.47. The number of urea groups is 1. The molecule has 0 unspecified atom stereocenters. The molecule has 7 nitrogen and oxygen atoms in total. The maximum absolute atomic E-state index is 12.0. The smallest absolute Gasteiger partial charge is 0.354 e. The first-order valence-electron chi connectivity index (χ1n) is 7.19. The minimum absolute atomic E-state index is 0.144. The zero-order chi connectivity index (χ0) is 17.0. The van der Waals surface area contributed by atoms with Gasteiger partial charge in [0.15, 0.2) is 0 Å². The lowest BCUT2D eigenvalue weighted by Crippen LogP contribution is -2.45. The number of hydrogen-bond acceptors (Lipinski definition) is 5. The Bertz CT molecular complexity index is 654. The average molecular weight is 320 g/mol. The number of rotatable bonds is 5. The molecule has 1 aromatic rings. The van der Waals surface area contributed by atoms with E-state index in [2.05, 4.69) is 10.6 Å². The average Bonchev–Trinajstić information content (AvgIpc) is 2.56. The Hall–Kier alpha value is -2.70. The zero-order valence-corrected chi connectivity index (χ0v) is 13.6. The lowest BCUT2D eigenvalue weighted by Gasteiger charge is -2.29. The largest absolute Gasteiger partial charge is 0.497 e. The fourth-order valence-corrected chi connectivity index (χ4v) is 2.42. The molecule has 0 bridgehead atoms. The molecule has 2 amide bonds. The predicted molar refractivity (Wildman–Crippen MR) is 83.3 cm³/mol. The van der Waals surface area contributed by atoms with Crippen LogP contribution < -0.4 is 20.1 Å². The summed E-state index contributed by atoms with van der Waals surface area (Å²) in [5.74, 6) is 0.645. The fraction of sp³-hybridized carbons (Fsp3) is 0.375. The Morgan fingerprint density at radius 2 is 2.00 bits per heavy atom. The van der Waals surface area contributed by atoms with Gasteiger partial charge in [0.1, 0.15) is 17.2 Å². The van der Waals surface area contributed by atoms with E-state index in [1.807, 2.05) is 0 Å². The number of carbonyl (C=O) groups excluding carboxylic acids is 2. The third kappa shape index (κ3) is 3.39. The van der Waals surface area contributed by atoms with Crippen LogP contribution in [0.1, 0.15) is 25.5 Å². The van der Waals surface area contributed by atoms with E-state index >= 15 is 0 Å². The summed E-state index contributed by atoms with van der Waals surface area (Å²) >= 11 is 0. The van der Waals surface area contributed by atoms with Crippen LogP contribution in [0.25, 0.3) is 0 Å². The normalized spacial score (nSPS) is 17.2. The minimum atomic E-state index is -0.563. The quantitative estimate of drug-likeness (QED) is 0.809. The van der Waals surface area contributed by atoms with Crippen molar-refractivity contribution < 1.29 is 23.8 Å². The number of esters is 1. The van der Waals surface area contributed by atoms with Crippen LogP contribution in [0.4, 0.5) is 4.79 Å². The molecule has 1 aliphatic heterocycles. The Kier molecular flexibility index (Phi) is 5.10. The SMILES string of the molecule is CCOC(=O)C1=C(C)[C@@H](c2cc(OC)ccc2OC)NC(=O)N1. The van der Waals surface area contributed by atoms with Gasteiger partial charge < -0.3 is 24.8 Å². The first kappa shape index (κ1) is 16.7. The van der Waals surface area contributed by atoms with E-state index in [9.17, 15) is 9.59 Å². The molecule has 0 aliphatic carbocycles. The van der Waals surface area contributed by atoms with E-state index in [0.29, 0.717) is 22.6 Å². The molecule has 0 fully saturated rings. The Morgan fingerprint density at radius 3 is 2.61 bits per heavy atom. The predicted octanol–water partition coefficient (Wildman–Crippen LogP) is 1.89. The number of hydrogen-bond donors (Lipinski definition) is 2. The molecule has 1 heterocycles. The molecule has 1 aromatic carbocycles. The molecule has 0 saturated carbocycles. The second kappa shape index (κ2) is 7.04. The topological polar surface area (TPSA) is 85.9 Å². The molecule has 23 heavy (non-hydrogen) atoms. The molecule has 2 rings (SSSR count). The molecule has 0 aromatic heterocycles. The van der Waals surface area contributed by atoms with Crippen LogP contribution in [0, 0.1) is 0 Å². The summed E-state index contributed by atoms with van der Waals surface area (Å²) < 4.78 is 15.6. The van der Waals surface area contributed by atoms with Crippen molar-refractivity contribution in [1.29, 1.82) is 0 Å². The number of amides is 2. The maximum Gasteiger partial charge on any atom is 0.354 e. The second-order valence-corrected chi connectivity index (χ2v) is 4.92. The second-order valence-electron chi connectivity index (χ2n) is 4.92. The lowest BCUT2D eigenvalue weighted by molar-refractivity contribution is -0.139. The van der Waals surface area contributed by atoms with E-state index in [1.54, 1.807) is 46.3 Å². The van der Waals surface area contributed by atoms with Gasteiger partial charge in [-0.15, -0.1) is 0 Å². The summed E-state index contributed by atoms with van der Waals surface area (Å²) in [6, 6.07) is 4.28. The van der Waals surface area contributed by atoms with Crippen LogP contribution in [0.2, 0.25) is 0 Å². The Morgan fingerprint density at radius 1 is 1.26 bits per heavy atom. The highest BCUT2D eigenvalue weighted by Gasteiger charge is 2.31. The van der Waals surface area contributed by atoms with Gasteiger partial charge >= 0.3 is 12.0 Å². The van der Waals surface area contributed by atoms with Crippen molar-refractivity contribution in [3.05, 3.63) is 35.0 Å². The molecule has 0 radical (unpaired) electrons. The summed E-state index contributed by atoms with van der Waals surface area (Å²) in [7, 11) is 3.10. The van der Waals surface area contributed by atoms with Gasteiger partial charge in [-0.2, -0.15) is 0 Å². The van der Waals surface area contributed by atoms with Crippen molar-refractivity contribution in [3.8, 4) is 11.5 Å². The van der Waals surface area contributed by atoms with Gasteiger partial charge in [-0.1, -0.05) is 0 Å². The van der Waals surface area contributed by atoms with Gasteiger partial charge in [0.25, 0.3) is 0 Å². The van der Waals surface area contributed by atoms with E-state index in [4.69, 9.17) is 14.2 Å². The molecule has 0 spiro atoms. The summed E-state index contributed by atoms with van der Waals surface area (Å²) in [5, 5.41) is 5.28. The van der Waals surface area contributed by atoms with Gasteiger partial charge in [0, 0.05) is 5.56 Å². The van der Waals surface area contributed by atoms with Crippen molar-refractivity contribution in [2.45, 2.75) is 19.9 Å². The first-order chi connectivity index (χ1) is 11.0. The standard InChI is InChI=1S/C16H20N2O5/c1-5-23-15(19)14-9(2)13(17-16(20)18-14)11-8-10(21-3)6-7-12(11)22-4/h6-8,13H,5H2,1-4H3,(H2,17,18,20)/t13-/m0/s1. The van der Waals surface area contributed by atoms with Crippen molar-refractivity contribution in [2.75, 3.05) is 20.8 Å². The van der Waals surface area contributed by atoms with Crippen LogP contribution >= 0.6 is 0 Å². The highest BCUT2D eigenvalue weighted by atomic mass is 16.5. The van der Waals surface area contributed by atoms with Crippen LogP contribution in [-0.2, 0) is 9.53 Å². The molecule has 2 N–H and O–H groups in total. The third-order valence-electron chi connectivity index (χ3n) is 3.57. The number of methoxy groups -OCH3 is 2. The Labute approximate surface area is 134 Å². The maximum atomic E-state index is 12.0. The van der Waals surface area contributed by atoms with Crippen LogP contribution in [0.15, 0.2) is 29.5 Å². The van der Waals surface area contributed by atoms with Crippen molar-refractivity contribution in [2.24, 2.45) is 0 Å². The summed E-state index contributed by atoms with van der Waals surface area (Å²) in [4.78, 5) is 24.0. The van der Waals surface area contributed by atoms with Crippen LogP contribution in [0.3, 0.4) is 0 Å². The highest BCUT2D eigenvalue weighted by molar-refractivity contribution is 5.96. The van der Waals surface area contributed by atoms with E-state index < -0.39 is 18.0 Å². The van der Waals surface area contributed by atoms with Crippen molar-refractivity contribution in [3.63, 3.8) is 0 Å².